The third-order valence-corrected chi connectivity index (χ3v) is 8.70. The molecule has 0 heterocycles. The summed E-state index contributed by atoms with van der Waals surface area (Å²) in [7, 11) is 0. The van der Waals surface area contributed by atoms with Crippen LogP contribution in [0.1, 0.15) is 64.7 Å². The molecule has 6 aliphatic carbocycles. The summed E-state index contributed by atoms with van der Waals surface area (Å²) in [5.74, 6) is 2.26. The van der Waals surface area contributed by atoms with Crippen molar-refractivity contribution in [2.24, 2.45) is 23.7 Å². The molecule has 1 nitrogen and oxygen atoms in total. The van der Waals surface area contributed by atoms with Gasteiger partial charge < -0.3 is 0 Å². The van der Waals surface area contributed by atoms with Crippen LogP contribution in [0.4, 0.5) is 0 Å². The largest absolute Gasteiger partial charge is 0.299 e. The van der Waals surface area contributed by atoms with Crippen molar-refractivity contribution in [2.45, 2.75) is 64.7 Å². The van der Waals surface area contributed by atoms with Crippen LogP contribution in [-0.2, 0) is 4.79 Å². The summed E-state index contributed by atoms with van der Waals surface area (Å²) >= 11 is 0. The van der Waals surface area contributed by atoms with Crippen molar-refractivity contribution in [3.63, 3.8) is 0 Å². The lowest BCUT2D eigenvalue weighted by molar-refractivity contribution is -0.122. The first kappa shape index (κ1) is 21.8. The van der Waals surface area contributed by atoms with Crippen molar-refractivity contribution < 1.29 is 4.79 Å². The van der Waals surface area contributed by atoms with Crippen molar-refractivity contribution in [3.05, 3.63) is 106 Å². The number of carbonyl (C=O) groups excluding carboxylic acids is 1. The molecule has 0 aromatic heterocycles. The first-order valence-electron chi connectivity index (χ1n) is 13.4. The van der Waals surface area contributed by atoms with Crippen molar-refractivity contribution in [2.75, 3.05) is 0 Å². The molecule has 174 valence electrons. The quantitative estimate of drug-likeness (QED) is 0.347. The summed E-state index contributed by atoms with van der Waals surface area (Å²) in [5, 5.41) is 0. The highest BCUT2D eigenvalue weighted by Gasteiger charge is 2.39. The molecule has 0 N–H and O–H groups in total. The molecule has 0 aliphatic heterocycles. The molecule has 0 bridgehead atoms. The molecular weight excluding hydrogens is 412 g/mol. The minimum atomic E-state index is 0.0477. The molecular formula is C33H36O. The smallest absolute Gasteiger partial charge is 0.140 e. The topological polar surface area (TPSA) is 17.1 Å². The maximum atomic E-state index is 13.7. The highest BCUT2D eigenvalue weighted by molar-refractivity contribution is 5.85. The van der Waals surface area contributed by atoms with E-state index in [1.807, 2.05) is 0 Å². The normalized spacial score (nSPS) is 29.7. The Balaban J connectivity index is 1.13. The lowest BCUT2D eigenvalue weighted by Gasteiger charge is -2.22. The molecule has 0 amide bonds. The number of hydrogen-bond acceptors (Lipinski definition) is 1. The van der Waals surface area contributed by atoms with E-state index in [9.17, 15) is 4.79 Å². The second kappa shape index (κ2) is 9.17. The van der Waals surface area contributed by atoms with Gasteiger partial charge in [-0.2, -0.15) is 0 Å². The van der Waals surface area contributed by atoms with E-state index in [1.54, 1.807) is 11.1 Å². The number of allylic oxidation sites excluding steroid dienone is 18. The van der Waals surface area contributed by atoms with Crippen LogP contribution in [0.5, 0.6) is 0 Å². The molecule has 0 aromatic rings. The maximum Gasteiger partial charge on any atom is 0.140 e. The van der Waals surface area contributed by atoms with E-state index in [4.69, 9.17) is 0 Å². The molecule has 3 unspecified atom stereocenters. The van der Waals surface area contributed by atoms with E-state index in [-0.39, 0.29) is 5.92 Å². The highest BCUT2D eigenvalue weighted by atomic mass is 16.1. The van der Waals surface area contributed by atoms with E-state index in [0.29, 0.717) is 24.0 Å². The zero-order chi connectivity index (χ0) is 23.1. The van der Waals surface area contributed by atoms with E-state index in [0.717, 1.165) is 44.4 Å². The first-order chi connectivity index (χ1) is 16.7. The minimum Gasteiger partial charge on any atom is -0.299 e. The molecule has 1 fully saturated rings. The predicted octanol–water partition coefficient (Wildman–Crippen LogP) is 8.23. The summed E-state index contributed by atoms with van der Waals surface area (Å²) in [4.78, 5) is 13.7. The summed E-state index contributed by atoms with van der Waals surface area (Å²) in [5.41, 5.74) is 10.4. The van der Waals surface area contributed by atoms with Gasteiger partial charge >= 0.3 is 0 Å². The zero-order valence-electron chi connectivity index (χ0n) is 20.4. The van der Waals surface area contributed by atoms with E-state index < -0.39 is 0 Å². The number of carbonyl (C=O) groups is 1. The van der Waals surface area contributed by atoms with Crippen LogP contribution in [0.2, 0.25) is 0 Å². The van der Waals surface area contributed by atoms with Gasteiger partial charge in [0.25, 0.3) is 0 Å². The predicted molar refractivity (Wildman–Crippen MR) is 141 cm³/mol. The SMILES string of the molecule is CC1=CC=C(C2=CC(C(=O)CCC3=CC=C(CC4=CC=CC4)C3C3CC3)C(C3=CC=CC3)C2)C1. The van der Waals surface area contributed by atoms with Gasteiger partial charge in [-0.3, -0.25) is 4.79 Å². The molecule has 0 saturated heterocycles. The molecule has 6 rings (SSSR count). The van der Waals surface area contributed by atoms with E-state index in [2.05, 4.69) is 73.8 Å². The van der Waals surface area contributed by atoms with Crippen molar-refractivity contribution in [3.8, 4) is 0 Å². The van der Waals surface area contributed by atoms with Gasteiger partial charge in [-0.15, -0.1) is 0 Å². The van der Waals surface area contributed by atoms with Crippen molar-refractivity contribution in [1.29, 1.82) is 0 Å². The number of hydrogen-bond donors (Lipinski definition) is 0. The second-order valence-corrected chi connectivity index (χ2v) is 11.2. The van der Waals surface area contributed by atoms with Crippen LogP contribution < -0.4 is 0 Å². The fourth-order valence-electron chi connectivity index (χ4n) is 6.72. The van der Waals surface area contributed by atoms with Gasteiger partial charge in [0.2, 0.25) is 0 Å². The summed E-state index contributed by atoms with van der Waals surface area (Å²) in [6, 6.07) is 0. The highest BCUT2D eigenvalue weighted by Crippen LogP contribution is 2.50. The Labute approximate surface area is 204 Å². The number of Topliss-reactive ketones (excluding diaryl/α,β-unsaturated/α-hetero) is 1. The van der Waals surface area contributed by atoms with Crippen LogP contribution >= 0.6 is 0 Å². The molecule has 0 spiro atoms. The molecule has 34 heavy (non-hydrogen) atoms. The van der Waals surface area contributed by atoms with Crippen molar-refractivity contribution >= 4 is 5.78 Å². The van der Waals surface area contributed by atoms with Gasteiger partial charge in [-0.25, -0.2) is 0 Å². The average molecular weight is 449 g/mol. The Kier molecular flexibility index (Phi) is 5.89. The molecule has 1 saturated carbocycles. The third kappa shape index (κ3) is 4.38. The third-order valence-electron chi connectivity index (χ3n) is 8.70. The molecule has 1 heteroatoms. The fraction of sp³-hybridized carbons (Fsp3) is 0.424. The Hall–Kier alpha value is -2.67. The van der Waals surface area contributed by atoms with Gasteiger partial charge in [-0.05, 0) is 81.3 Å². The van der Waals surface area contributed by atoms with Gasteiger partial charge in [-0.1, -0.05) is 94.7 Å². The van der Waals surface area contributed by atoms with Crippen LogP contribution in [-0.4, -0.2) is 5.78 Å². The Bertz CT molecular complexity index is 1160. The standard InChI is InChI=1S/C33H36O/c1-22-10-11-27(18-22)29-20-30(24-8-4-5-9-24)31(21-29)32(34)17-16-26-14-15-28(33(26)25-12-13-25)19-23-6-2-3-7-23/h2-6,8,10-11,14-15,21,25,30-31,33H,7,9,12-13,16-20H2,1H3. The van der Waals surface area contributed by atoms with Crippen LogP contribution in [0, 0.1) is 23.7 Å². The van der Waals surface area contributed by atoms with E-state index in [1.165, 1.54) is 40.7 Å². The first-order valence-corrected chi connectivity index (χ1v) is 13.4. The van der Waals surface area contributed by atoms with Crippen LogP contribution in [0.3, 0.4) is 0 Å². The average Bonchev–Trinajstić information content (AvgIpc) is 3.42. The van der Waals surface area contributed by atoms with Gasteiger partial charge in [0.15, 0.2) is 0 Å². The second-order valence-electron chi connectivity index (χ2n) is 11.2. The number of rotatable bonds is 9. The Morgan fingerprint density at radius 2 is 1.74 bits per heavy atom. The molecule has 0 radical (unpaired) electrons. The summed E-state index contributed by atoms with van der Waals surface area (Å²) in [6.07, 6.45) is 34.7. The van der Waals surface area contributed by atoms with E-state index >= 15 is 0 Å². The van der Waals surface area contributed by atoms with Gasteiger partial charge in [0, 0.05) is 18.3 Å². The lowest BCUT2D eigenvalue weighted by Crippen LogP contribution is -2.20. The molecule has 6 aliphatic rings. The minimum absolute atomic E-state index is 0.0477. The summed E-state index contributed by atoms with van der Waals surface area (Å²) < 4.78 is 0. The van der Waals surface area contributed by atoms with Gasteiger partial charge in [0.05, 0.1) is 0 Å². The van der Waals surface area contributed by atoms with Crippen LogP contribution in [0.25, 0.3) is 0 Å². The Morgan fingerprint density at radius 3 is 2.44 bits per heavy atom. The van der Waals surface area contributed by atoms with Gasteiger partial charge in [0.1, 0.15) is 5.78 Å². The Morgan fingerprint density at radius 1 is 0.912 bits per heavy atom. The fourth-order valence-corrected chi connectivity index (χ4v) is 6.72. The van der Waals surface area contributed by atoms with Crippen LogP contribution in [0.15, 0.2) is 106 Å². The summed E-state index contributed by atoms with van der Waals surface area (Å²) in [6.45, 7) is 2.20. The van der Waals surface area contributed by atoms with Crippen molar-refractivity contribution in [1.82, 2.24) is 0 Å². The zero-order valence-corrected chi connectivity index (χ0v) is 20.4. The number of ketones is 1. The lowest BCUT2D eigenvalue weighted by atomic mass is 9.81. The monoisotopic (exact) mass is 448 g/mol. The maximum absolute atomic E-state index is 13.7. The molecule has 0 aromatic carbocycles. The molecule has 3 atom stereocenters.